The van der Waals surface area contributed by atoms with E-state index < -0.39 is 30.0 Å². The van der Waals surface area contributed by atoms with Crippen molar-refractivity contribution in [1.82, 2.24) is 14.9 Å². The number of likely N-dealkylation sites (N-methyl/N-ethyl adjacent to an activating group) is 1. The molecule has 0 spiro atoms. The van der Waals surface area contributed by atoms with Gasteiger partial charge in [-0.1, -0.05) is 49.4 Å². The summed E-state index contributed by atoms with van der Waals surface area (Å²) >= 11 is 0. The SMILES string of the molecule is CCOC(Cc1ccc(OCCn2c(CC)nc(-c3ccccc3)cc2=O)cc1)C(=O)O.CN[C@@H](CCC(N)=O)C(=O)O. The number of aryl methyl sites for hydroxylation is 1. The predicted octanol–water partition coefficient (Wildman–Crippen LogP) is 2.51. The molecule has 12 nitrogen and oxygen atoms in total. The number of nitrogens with zero attached hydrogens (tertiary/aromatic N) is 2. The second kappa shape index (κ2) is 18.1. The Morgan fingerprint density at radius 1 is 1.02 bits per heavy atom. The number of hydrogen-bond donors (Lipinski definition) is 4. The number of rotatable bonds is 16. The Hall–Kier alpha value is -4.55. The lowest BCUT2D eigenvalue weighted by atomic mass is 10.1. The summed E-state index contributed by atoms with van der Waals surface area (Å²) < 4.78 is 12.7. The molecular formula is C31H40N4O8. The van der Waals surface area contributed by atoms with Crippen LogP contribution in [-0.2, 0) is 38.5 Å². The van der Waals surface area contributed by atoms with Gasteiger partial charge < -0.3 is 30.7 Å². The Morgan fingerprint density at radius 2 is 1.70 bits per heavy atom. The number of benzene rings is 2. The summed E-state index contributed by atoms with van der Waals surface area (Å²) in [4.78, 5) is 49.2. The lowest BCUT2D eigenvalue weighted by Crippen LogP contribution is -2.34. The van der Waals surface area contributed by atoms with E-state index in [1.807, 2.05) is 49.4 Å². The van der Waals surface area contributed by atoms with Gasteiger partial charge in [-0.05, 0) is 38.1 Å². The lowest BCUT2D eigenvalue weighted by molar-refractivity contribution is -0.150. The van der Waals surface area contributed by atoms with Crippen LogP contribution >= 0.6 is 0 Å². The van der Waals surface area contributed by atoms with E-state index in [9.17, 15) is 24.3 Å². The highest BCUT2D eigenvalue weighted by Gasteiger charge is 2.18. The summed E-state index contributed by atoms with van der Waals surface area (Å²) in [7, 11) is 1.53. The van der Waals surface area contributed by atoms with Crippen molar-refractivity contribution in [3.05, 3.63) is 82.4 Å². The monoisotopic (exact) mass is 596 g/mol. The summed E-state index contributed by atoms with van der Waals surface area (Å²) in [5.74, 6) is -1.06. The molecule has 1 amide bonds. The molecule has 0 aliphatic rings. The molecule has 1 heterocycles. The molecule has 3 aromatic rings. The van der Waals surface area contributed by atoms with E-state index in [1.54, 1.807) is 29.7 Å². The number of nitrogens with one attached hydrogen (secondary N) is 1. The van der Waals surface area contributed by atoms with E-state index in [4.69, 9.17) is 20.3 Å². The molecule has 0 aliphatic carbocycles. The highest BCUT2D eigenvalue weighted by atomic mass is 16.5. The van der Waals surface area contributed by atoms with Gasteiger partial charge in [0.05, 0.1) is 12.2 Å². The normalized spacial score (nSPS) is 12.0. The van der Waals surface area contributed by atoms with Crippen LogP contribution in [0.4, 0.5) is 0 Å². The van der Waals surface area contributed by atoms with Crippen LogP contribution in [0.1, 0.15) is 38.1 Å². The van der Waals surface area contributed by atoms with Crippen molar-refractivity contribution in [2.45, 2.75) is 58.2 Å². The molecule has 2 atom stereocenters. The Balaban J connectivity index is 0.000000499. The summed E-state index contributed by atoms with van der Waals surface area (Å²) in [5, 5.41) is 20.2. The Bertz CT molecular complexity index is 1380. The largest absolute Gasteiger partial charge is 0.492 e. The van der Waals surface area contributed by atoms with Crippen LogP contribution in [0.2, 0.25) is 0 Å². The Labute approximate surface area is 250 Å². The molecule has 0 fully saturated rings. The molecule has 3 rings (SSSR count). The van der Waals surface area contributed by atoms with Gasteiger partial charge in [0.25, 0.3) is 5.56 Å². The fourth-order valence-electron chi connectivity index (χ4n) is 4.11. The van der Waals surface area contributed by atoms with Gasteiger partial charge in [0, 0.05) is 37.5 Å². The zero-order valence-corrected chi connectivity index (χ0v) is 24.7. The fraction of sp³-hybridized carbons (Fsp3) is 0.387. The molecule has 1 aromatic heterocycles. The third kappa shape index (κ3) is 11.7. The minimum Gasteiger partial charge on any atom is -0.492 e. The molecule has 0 bridgehead atoms. The zero-order chi connectivity index (χ0) is 31.8. The van der Waals surface area contributed by atoms with E-state index in [1.165, 1.54) is 7.05 Å². The molecule has 2 aromatic carbocycles. The van der Waals surface area contributed by atoms with E-state index in [0.717, 1.165) is 11.1 Å². The molecule has 1 unspecified atom stereocenters. The van der Waals surface area contributed by atoms with Crippen molar-refractivity contribution in [3.8, 4) is 17.0 Å². The van der Waals surface area contributed by atoms with E-state index in [-0.39, 0.29) is 24.8 Å². The second-order valence-corrected chi connectivity index (χ2v) is 9.43. The molecule has 0 aliphatic heterocycles. The van der Waals surface area contributed by atoms with Crippen molar-refractivity contribution >= 4 is 17.8 Å². The van der Waals surface area contributed by atoms with Crippen LogP contribution in [0.25, 0.3) is 11.3 Å². The third-order valence-corrected chi connectivity index (χ3v) is 6.37. The molecule has 0 saturated carbocycles. The zero-order valence-electron chi connectivity index (χ0n) is 24.7. The van der Waals surface area contributed by atoms with Crippen LogP contribution < -0.4 is 21.3 Å². The minimum absolute atomic E-state index is 0.0950. The number of ether oxygens (including phenoxy) is 2. The summed E-state index contributed by atoms with van der Waals surface area (Å²) in [6.07, 6.45) is 0.393. The number of carbonyl (C=O) groups is 3. The molecule has 0 radical (unpaired) electrons. The third-order valence-electron chi connectivity index (χ3n) is 6.37. The number of aliphatic carboxylic acids is 2. The van der Waals surface area contributed by atoms with Gasteiger partial charge in [0.2, 0.25) is 5.91 Å². The summed E-state index contributed by atoms with van der Waals surface area (Å²) in [6.45, 7) is 4.79. The molecular weight excluding hydrogens is 556 g/mol. The van der Waals surface area contributed by atoms with Crippen LogP contribution in [0, 0.1) is 0 Å². The Kier molecular flexibility index (Phi) is 14.6. The van der Waals surface area contributed by atoms with Crippen LogP contribution in [0.5, 0.6) is 5.75 Å². The smallest absolute Gasteiger partial charge is 0.333 e. The number of hydrogen-bond acceptors (Lipinski definition) is 8. The molecule has 232 valence electrons. The highest BCUT2D eigenvalue weighted by Crippen LogP contribution is 2.17. The van der Waals surface area contributed by atoms with Gasteiger partial charge >= 0.3 is 11.9 Å². The van der Waals surface area contributed by atoms with Gasteiger partial charge in [-0.2, -0.15) is 0 Å². The van der Waals surface area contributed by atoms with Crippen molar-refractivity contribution in [2.75, 3.05) is 20.3 Å². The van der Waals surface area contributed by atoms with E-state index >= 15 is 0 Å². The molecule has 0 saturated heterocycles. The van der Waals surface area contributed by atoms with Crippen LogP contribution in [0.15, 0.2) is 65.5 Å². The van der Waals surface area contributed by atoms with Gasteiger partial charge in [0.15, 0.2) is 6.10 Å². The predicted molar refractivity (Wildman–Crippen MR) is 161 cm³/mol. The van der Waals surface area contributed by atoms with E-state index in [0.29, 0.717) is 43.4 Å². The average Bonchev–Trinajstić information content (AvgIpc) is 2.99. The molecule has 5 N–H and O–H groups in total. The van der Waals surface area contributed by atoms with Gasteiger partial charge in [0.1, 0.15) is 24.2 Å². The number of nitrogens with two attached hydrogens (primary N) is 1. The fourth-order valence-corrected chi connectivity index (χ4v) is 4.11. The first kappa shape index (κ1) is 34.7. The highest BCUT2D eigenvalue weighted by molar-refractivity contribution is 5.77. The maximum atomic E-state index is 12.7. The van der Waals surface area contributed by atoms with Gasteiger partial charge in [-0.15, -0.1) is 0 Å². The number of carboxylic acids is 2. The summed E-state index contributed by atoms with van der Waals surface area (Å²) in [6, 6.07) is 17.8. The van der Waals surface area contributed by atoms with Crippen LogP contribution in [-0.4, -0.2) is 70.0 Å². The first-order valence-electron chi connectivity index (χ1n) is 14.0. The number of amides is 1. The number of primary amides is 1. The summed E-state index contributed by atoms with van der Waals surface area (Å²) in [5.41, 5.74) is 7.17. The lowest BCUT2D eigenvalue weighted by Gasteiger charge is -2.14. The quantitative estimate of drug-likeness (QED) is 0.192. The standard InChI is InChI=1S/C25H28N2O5.C6H12N2O3/c1-3-23-26-21(19-8-6-5-7-9-19)17-24(28)27(23)14-15-32-20-12-10-18(11-13-20)16-22(25(29)30)31-4-2;1-8-4(6(10)11)2-3-5(7)9/h5-13,17,22H,3-4,14-16H2,1-2H3,(H,29,30);4,8H,2-3H2,1H3,(H2,7,9)(H,10,11)/t;4-/m.0/s1. The first-order valence-corrected chi connectivity index (χ1v) is 14.0. The Morgan fingerprint density at radius 3 is 2.23 bits per heavy atom. The number of aromatic nitrogens is 2. The first-order chi connectivity index (χ1) is 20.6. The number of carboxylic acid groups (broad SMARTS) is 2. The maximum absolute atomic E-state index is 12.7. The van der Waals surface area contributed by atoms with Crippen molar-refractivity contribution in [3.63, 3.8) is 0 Å². The molecule has 12 heteroatoms. The number of carbonyl (C=O) groups excluding carboxylic acids is 1. The maximum Gasteiger partial charge on any atom is 0.333 e. The van der Waals surface area contributed by atoms with Crippen LogP contribution in [0.3, 0.4) is 0 Å². The van der Waals surface area contributed by atoms with Gasteiger partial charge in [-0.25, -0.2) is 9.78 Å². The minimum atomic E-state index is -0.976. The van der Waals surface area contributed by atoms with Crippen molar-refractivity contribution in [2.24, 2.45) is 5.73 Å². The van der Waals surface area contributed by atoms with E-state index in [2.05, 4.69) is 10.3 Å². The topological polar surface area (TPSA) is 183 Å². The molecule has 43 heavy (non-hydrogen) atoms. The van der Waals surface area contributed by atoms with Gasteiger partial charge in [-0.3, -0.25) is 19.0 Å². The average molecular weight is 597 g/mol. The van der Waals surface area contributed by atoms with Crippen molar-refractivity contribution < 1.29 is 34.1 Å². The van der Waals surface area contributed by atoms with Crippen molar-refractivity contribution in [1.29, 1.82) is 0 Å². The second-order valence-electron chi connectivity index (χ2n) is 9.43.